The van der Waals surface area contributed by atoms with E-state index in [1.54, 1.807) is 23.4 Å². The summed E-state index contributed by atoms with van der Waals surface area (Å²) in [6.07, 6.45) is 3.53. The van der Waals surface area contributed by atoms with E-state index in [2.05, 4.69) is 39.6 Å². The van der Waals surface area contributed by atoms with Crippen molar-refractivity contribution in [1.82, 2.24) is 9.97 Å². The first-order valence-electron chi connectivity index (χ1n) is 10.0. The Labute approximate surface area is 181 Å². The maximum atomic E-state index is 12.9. The van der Waals surface area contributed by atoms with Crippen molar-refractivity contribution in [3.05, 3.63) is 77.1 Å². The average Bonchev–Trinajstić information content (AvgIpc) is 2.89. The quantitative estimate of drug-likeness (QED) is 0.605. The number of anilines is 3. The number of hydrogen-bond acceptors (Lipinski definition) is 5. The highest BCUT2D eigenvalue weighted by molar-refractivity contribution is 6.30. The van der Waals surface area contributed by atoms with Crippen LogP contribution >= 0.6 is 11.6 Å². The Balaban J connectivity index is 1.52. The van der Waals surface area contributed by atoms with Gasteiger partial charge in [0.05, 0.1) is 18.7 Å². The zero-order chi connectivity index (χ0) is 20.9. The van der Waals surface area contributed by atoms with Gasteiger partial charge in [0.2, 0.25) is 5.91 Å². The SMILES string of the molecule is CN1CC(=O)N(c2ccc(Cl)cc2)Cc2c(NCCCc3ccccc3)ncnc21. The lowest BCUT2D eigenvalue weighted by molar-refractivity contribution is -0.117. The van der Waals surface area contributed by atoms with E-state index in [0.717, 1.165) is 42.3 Å². The van der Waals surface area contributed by atoms with E-state index in [9.17, 15) is 4.79 Å². The molecule has 154 valence electrons. The Morgan fingerprint density at radius 2 is 1.80 bits per heavy atom. The summed E-state index contributed by atoms with van der Waals surface area (Å²) in [5.41, 5.74) is 3.05. The number of hydrogen-bond donors (Lipinski definition) is 1. The van der Waals surface area contributed by atoms with Crippen molar-refractivity contribution in [2.24, 2.45) is 0 Å². The van der Waals surface area contributed by atoms with Gasteiger partial charge in [-0.25, -0.2) is 9.97 Å². The number of aromatic nitrogens is 2. The molecule has 30 heavy (non-hydrogen) atoms. The molecule has 0 spiro atoms. The van der Waals surface area contributed by atoms with Crippen LogP contribution in [0.3, 0.4) is 0 Å². The second kappa shape index (κ2) is 9.13. The second-order valence-corrected chi connectivity index (χ2v) is 7.79. The number of nitrogens with one attached hydrogen (secondary N) is 1. The summed E-state index contributed by atoms with van der Waals surface area (Å²) in [5, 5.41) is 4.09. The molecule has 1 aliphatic rings. The van der Waals surface area contributed by atoms with Crippen LogP contribution in [0.15, 0.2) is 60.9 Å². The molecule has 1 amide bonds. The van der Waals surface area contributed by atoms with Crippen molar-refractivity contribution in [1.29, 1.82) is 0 Å². The van der Waals surface area contributed by atoms with Crippen LogP contribution in [0.25, 0.3) is 0 Å². The van der Waals surface area contributed by atoms with Crippen LogP contribution in [0.4, 0.5) is 17.3 Å². The molecule has 2 heterocycles. The van der Waals surface area contributed by atoms with Crippen LogP contribution < -0.4 is 15.1 Å². The molecule has 0 radical (unpaired) electrons. The summed E-state index contributed by atoms with van der Waals surface area (Å²) < 4.78 is 0. The summed E-state index contributed by atoms with van der Waals surface area (Å²) in [6, 6.07) is 17.7. The van der Waals surface area contributed by atoms with Crippen molar-refractivity contribution in [2.75, 3.05) is 35.3 Å². The van der Waals surface area contributed by atoms with E-state index in [1.165, 1.54) is 5.56 Å². The van der Waals surface area contributed by atoms with Crippen LogP contribution in [0.5, 0.6) is 0 Å². The van der Waals surface area contributed by atoms with E-state index in [0.29, 0.717) is 11.6 Å². The molecule has 0 fully saturated rings. The minimum Gasteiger partial charge on any atom is -0.370 e. The van der Waals surface area contributed by atoms with Gasteiger partial charge in [0.15, 0.2) is 0 Å². The number of aryl methyl sites for hydroxylation is 1. The molecule has 1 N–H and O–H groups in total. The van der Waals surface area contributed by atoms with Crippen LogP contribution in [0, 0.1) is 0 Å². The van der Waals surface area contributed by atoms with Gasteiger partial charge in [-0.05, 0) is 42.7 Å². The first-order valence-corrected chi connectivity index (χ1v) is 10.4. The Morgan fingerprint density at radius 3 is 2.57 bits per heavy atom. The van der Waals surface area contributed by atoms with Crippen LogP contribution in [-0.4, -0.2) is 36.0 Å². The van der Waals surface area contributed by atoms with Gasteiger partial charge >= 0.3 is 0 Å². The van der Waals surface area contributed by atoms with E-state index in [-0.39, 0.29) is 12.5 Å². The van der Waals surface area contributed by atoms with Gasteiger partial charge in [-0.1, -0.05) is 41.9 Å². The van der Waals surface area contributed by atoms with Gasteiger partial charge in [-0.2, -0.15) is 0 Å². The molecule has 0 bridgehead atoms. The van der Waals surface area contributed by atoms with Gasteiger partial charge in [0.25, 0.3) is 0 Å². The standard InChI is InChI=1S/C23H24ClN5O/c1-28-15-21(30)29(19-11-9-18(24)10-12-19)14-20-22(26-16-27-23(20)28)25-13-5-8-17-6-3-2-4-7-17/h2-4,6-7,9-12,16H,5,8,13-15H2,1H3,(H,25,26,27). The van der Waals surface area contributed by atoms with Crippen molar-refractivity contribution in [3.8, 4) is 0 Å². The molecule has 6 nitrogen and oxygen atoms in total. The van der Waals surface area contributed by atoms with E-state index >= 15 is 0 Å². The Morgan fingerprint density at radius 1 is 1.03 bits per heavy atom. The molecule has 0 saturated heterocycles. The summed E-state index contributed by atoms with van der Waals surface area (Å²) in [5.74, 6) is 1.56. The maximum absolute atomic E-state index is 12.9. The first kappa shape index (κ1) is 20.2. The third kappa shape index (κ3) is 4.54. The summed E-state index contributed by atoms with van der Waals surface area (Å²) in [7, 11) is 1.88. The molecular formula is C23H24ClN5O. The maximum Gasteiger partial charge on any atom is 0.246 e. The fourth-order valence-corrected chi connectivity index (χ4v) is 3.77. The highest BCUT2D eigenvalue weighted by Gasteiger charge is 2.28. The Kier molecular flexibility index (Phi) is 6.14. The van der Waals surface area contributed by atoms with E-state index in [1.807, 2.05) is 30.1 Å². The van der Waals surface area contributed by atoms with Crippen molar-refractivity contribution >= 4 is 34.8 Å². The van der Waals surface area contributed by atoms with Crippen LogP contribution in [-0.2, 0) is 17.8 Å². The van der Waals surface area contributed by atoms with Crippen molar-refractivity contribution in [3.63, 3.8) is 0 Å². The number of likely N-dealkylation sites (N-methyl/N-ethyl adjacent to an activating group) is 1. The highest BCUT2D eigenvalue weighted by Crippen LogP contribution is 2.30. The Bertz CT molecular complexity index is 1010. The van der Waals surface area contributed by atoms with Gasteiger partial charge in [0, 0.05) is 24.3 Å². The normalized spacial score (nSPS) is 13.7. The third-order valence-corrected chi connectivity index (χ3v) is 5.44. The number of carbonyl (C=O) groups excluding carboxylic acids is 1. The number of rotatable bonds is 6. The van der Waals surface area contributed by atoms with Crippen molar-refractivity contribution < 1.29 is 4.79 Å². The Hall–Kier alpha value is -3.12. The van der Waals surface area contributed by atoms with Gasteiger partial charge in [-0.3, -0.25) is 4.79 Å². The number of amides is 1. The minimum absolute atomic E-state index is 0.00727. The zero-order valence-corrected chi connectivity index (χ0v) is 17.6. The van der Waals surface area contributed by atoms with Crippen LogP contribution in [0.2, 0.25) is 5.02 Å². The largest absolute Gasteiger partial charge is 0.370 e. The lowest BCUT2D eigenvalue weighted by atomic mass is 10.1. The lowest BCUT2D eigenvalue weighted by Crippen LogP contribution is -2.35. The third-order valence-electron chi connectivity index (χ3n) is 5.19. The van der Waals surface area contributed by atoms with Gasteiger partial charge < -0.3 is 15.1 Å². The second-order valence-electron chi connectivity index (χ2n) is 7.35. The summed E-state index contributed by atoms with van der Waals surface area (Å²) >= 11 is 6.02. The van der Waals surface area contributed by atoms with Gasteiger partial charge in [0.1, 0.15) is 18.0 Å². The zero-order valence-electron chi connectivity index (χ0n) is 16.9. The van der Waals surface area contributed by atoms with Gasteiger partial charge in [-0.15, -0.1) is 0 Å². The molecule has 7 heteroatoms. The monoisotopic (exact) mass is 421 g/mol. The molecule has 3 aromatic rings. The number of fused-ring (bicyclic) bond motifs is 1. The number of carbonyl (C=O) groups is 1. The molecule has 0 atom stereocenters. The molecule has 1 aliphatic heterocycles. The van der Waals surface area contributed by atoms with E-state index in [4.69, 9.17) is 11.6 Å². The number of nitrogens with zero attached hydrogens (tertiary/aromatic N) is 4. The summed E-state index contributed by atoms with van der Waals surface area (Å²) in [4.78, 5) is 25.5. The molecule has 0 unspecified atom stereocenters. The molecule has 4 rings (SSSR count). The highest BCUT2D eigenvalue weighted by atomic mass is 35.5. The number of benzene rings is 2. The predicted octanol–water partition coefficient (Wildman–Crippen LogP) is 4.16. The fraction of sp³-hybridized carbons (Fsp3) is 0.261. The average molecular weight is 422 g/mol. The fourth-order valence-electron chi connectivity index (χ4n) is 3.64. The van der Waals surface area contributed by atoms with E-state index < -0.39 is 0 Å². The molecule has 2 aromatic carbocycles. The minimum atomic E-state index is 0.00727. The molecule has 0 saturated carbocycles. The van der Waals surface area contributed by atoms with Crippen LogP contribution in [0.1, 0.15) is 17.5 Å². The lowest BCUT2D eigenvalue weighted by Gasteiger charge is -2.21. The summed E-state index contributed by atoms with van der Waals surface area (Å²) in [6.45, 7) is 1.44. The number of halogens is 1. The predicted molar refractivity (Wildman–Crippen MR) is 121 cm³/mol. The van der Waals surface area contributed by atoms with Crippen molar-refractivity contribution in [2.45, 2.75) is 19.4 Å². The molecular weight excluding hydrogens is 398 g/mol. The topological polar surface area (TPSA) is 61.4 Å². The first-order chi connectivity index (χ1) is 14.6. The molecule has 0 aliphatic carbocycles. The molecule has 1 aromatic heterocycles. The smallest absolute Gasteiger partial charge is 0.246 e.